The Labute approximate surface area is 184 Å². The molecule has 0 radical (unpaired) electrons. The molecule has 0 saturated heterocycles. The normalized spacial score (nSPS) is 14.6. The van der Waals surface area contributed by atoms with Crippen LogP contribution in [0.3, 0.4) is 0 Å². The first-order valence-corrected chi connectivity index (χ1v) is 10.4. The average molecular weight is 440 g/mol. The molecule has 0 unspecified atom stereocenters. The van der Waals surface area contributed by atoms with Crippen molar-refractivity contribution in [3.05, 3.63) is 59.7 Å². The number of aromatic nitrogens is 3. The summed E-state index contributed by atoms with van der Waals surface area (Å²) in [6, 6.07) is 10.8. The number of pyridine rings is 1. The summed E-state index contributed by atoms with van der Waals surface area (Å²) < 4.78 is 42.8. The fourth-order valence-electron chi connectivity index (χ4n) is 3.78. The van der Waals surface area contributed by atoms with E-state index < -0.39 is 11.9 Å². The molecule has 166 valence electrons. The van der Waals surface area contributed by atoms with Gasteiger partial charge in [-0.2, -0.15) is 18.3 Å². The number of hydrogen-bond acceptors (Lipinski definition) is 5. The Morgan fingerprint density at radius 2 is 1.81 bits per heavy atom. The van der Waals surface area contributed by atoms with Gasteiger partial charge in [-0.3, -0.25) is 4.98 Å². The summed E-state index contributed by atoms with van der Waals surface area (Å²) in [6.45, 7) is 9.34. The van der Waals surface area contributed by atoms with E-state index in [4.69, 9.17) is 0 Å². The van der Waals surface area contributed by atoms with Gasteiger partial charge >= 0.3 is 6.18 Å². The van der Waals surface area contributed by atoms with Gasteiger partial charge in [0.15, 0.2) is 11.5 Å². The Hall–Kier alpha value is -3.49. The van der Waals surface area contributed by atoms with Gasteiger partial charge in [0, 0.05) is 25.0 Å². The molecule has 0 saturated carbocycles. The lowest BCUT2D eigenvalue weighted by molar-refractivity contribution is -0.0567. The first kappa shape index (κ1) is 21.7. The van der Waals surface area contributed by atoms with Crippen LogP contribution in [0.15, 0.2) is 52.7 Å². The van der Waals surface area contributed by atoms with Crippen LogP contribution in [0.5, 0.6) is 0 Å². The van der Waals surface area contributed by atoms with Crippen LogP contribution in [-0.4, -0.2) is 45.3 Å². The number of imidazole rings is 1. The molecule has 6 nitrogen and oxygen atoms in total. The highest BCUT2D eigenvalue weighted by atomic mass is 19.4. The monoisotopic (exact) mass is 440 g/mol. The third-order valence-electron chi connectivity index (χ3n) is 5.38. The second kappa shape index (κ2) is 8.22. The van der Waals surface area contributed by atoms with Crippen LogP contribution in [-0.2, 0) is 0 Å². The van der Waals surface area contributed by atoms with E-state index >= 15 is 0 Å². The highest BCUT2D eigenvalue weighted by molar-refractivity contribution is 6.51. The van der Waals surface area contributed by atoms with E-state index in [9.17, 15) is 13.2 Å². The molecule has 9 heteroatoms. The zero-order valence-corrected chi connectivity index (χ0v) is 18.3. The fourth-order valence-corrected chi connectivity index (χ4v) is 3.78. The number of fused-ring (bicyclic) bond motifs is 1. The predicted molar refractivity (Wildman–Crippen MR) is 120 cm³/mol. The van der Waals surface area contributed by atoms with Crippen molar-refractivity contribution in [1.29, 1.82) is 0 Å². The van der Waals surface area contributed by atoms with Crippen LogP contribution in [0.25, 0.3) is 11.4 Å². The summed E-state index contributed by atoms with van der Waals surface area (Å²) in [4.78, 5) is 15.2. The topological polar surface area (TPSA) is 58.7 Å². The third kappa shape index (κ3) is 3.79. The lowest BCUT2D eigenvalue weighted by Gasteiger charge is -2.21. The van der Waals surface area contributed by atoms with Gasteiger partial charge in [-0.05, 0) is 63.6 Å². The highest BCUT2D eigenvalue weighted by Crippen LogP contribution is 2.33. The maximum Gasteiger partial charge on any atom is 0.437 e. The van der Waals surface area contributed by atoms with E-state index in [0.717, 1.165) is 24.3 Å². The zero-order valence-electron chi connectivity index (χ0n) is 18.3. The molecule has 0 aliphatic carbocycles. The van der Waals surface area contributed by atoms with Gasteiger partial charge in [0.05, 0.1) is 17.1 Å². The van der Waals surface area contributed by atoms with Crippen molar-refractivity contribution in [2.45, 2.75) is 33.9 Å². The molecule has 0 bridgehead atoms. The van der Waals surface area contributed by atoms with Gasteiger partial charge in [-0.1, -0.05) is 6.07 Å². The number of anilines is 1. The van der Waals surface area contributed by atoms with Crippen molar-refractivity contribution in [2.24, 2.45) is 10.1 Å². The number of aryl methyl sites for hydroxylation is 2. The van der Waals surface area contributed by atoms with Gasteiger partial charge in [0.1, 0.15) is 11.4 Å². The van der Waals surface area contributed by atoms with Gasteiger partial charge < -0.3 is 4.90 Å². The van der Waals surface area contributed by atoms with Crippen molar-refractivity contribution < 1.29 is 13.2 Å². The Bertz CT molecular complexity index is 1200. The van der Waals surface area contributed by atoms with Crippen LogP contribution >= 0.6 is 0 Å². The quantitative estimate of drug-likeness (QED) is 0.540. The molecule has 0 fully saturated rings. The summed E-state index contributed by atoms with van der Waals surface area (Å²) in [5.74, 6) is 0.0581. The smallest absolute Gasteiger partial charge is 0.372 e. The van der Waals surface area contributed by atoms with Crippen LogP contribution in [0.2, 0.25) is 0 Å². The maximum absolute atomic E-state index is 13.9. The van der Waals surface area contributed by atoms with Gasteiger partial charge in [-0.15, -0.1) is 0 Å². The van der Waals surface area contributed by atoms with E-state index in [-0.39, 0.29) is 11.5 Å². The molecule has 0 N–H and O–H groups in total. The largest absolute Gasteiger partial charge is 0.437 e. The van der Waals surface area contributed by atoms with Crippen LogP contribution in [0, 0.1) is 13.8 Å². The second-order valence-corrected chi connectivity index (χ2v) is 7.45. The van der Waals surface area contributed by atoms with Crippen LogP contribution in [0.1, 0.15) is 30.9 Å². The minimum atomic E-state index is -4.68. The Morgan fingerprint density at radius 1 is 1.06 bits per heavy atom. The summed E-state index contributed by atoms with van der Waals surface area (Å²) >= 11 is 0. The van der Waals surface area contributed by atoms with Crippen molar-refractivity contribution in [2.75, 3.05) is 18.0 Å². The molecule has 3 aromatic rings. The number of aliphatic imine (C=N–C) groups is 1. The van der Waals surface area contributed by atoms with E-state index in [1.807, 2.05) is 19.1 Å². The minimum absolute atomic E-state index is 0.0581. The molecule has 1 aliphatic rings. The highest BCUT2D eigenvalue weighted by Gasteiger charge is 2.45. The molecule has 1 aromatic carbocycles. The lowest BCUT2D eigenvalue weighted by Crippen LogP contribution is -2.29. The number of nitrogens with zero attached hydrogens (tertiary/aromatic N) is 6. The molecule has 0 amide bonds. The summed E-state index contributed by atoms with van der Waals surface area (Å²) in [6.07, 6.45) is -3.10. The molecular weight excluding hydrogens is 417 g/mol. The SMILES string of the molecule is CCN(CC)c1ccc(/N=C2/C(C(F)(F)F)=Nn3c2nc(C)c3-c2ccccn2)c(C)c1. The summed E-state index contributed by atoms with van der Waals surface area (Å²) in [7, 11) is 0. The van der Waals surface area contributed by atoms with E-state index in [2.05, 4.69) is 38.8 Å². The number of benzene rings is 1. The fraction of sp³-hybridized carbons (Fsp3) is 0.304. The molecule has 32 heavy (non-hydrogen) atoms. The molecule has 3 heterocycles. The molecule has 1 aliphatic heterocycles. The molecular formula is C23H23F3N6. The molecule has 4 rings (SSSR count). The first-order chi connectivity index (χ1) is 15.2. The molecule has 0 atom stereocenters. The van der Waals surface area contributed by atoms with Crippen molar-refractivity contribution in [3.63, 3.8) is 0 Å². The van der Waals surface area contributed by atoms with Crippen LogP contribution in [0.4, 0.5) is 24.5 Å². The summed E-state index contributed by atoms with van der Waals surface area (Å²) in [5.41, 5.74) is 2.31. The lowest BCUT2D eigenvalue weighted by atomic mass is 10.1. The van der Waals surface area contributed by atoms with E-state index in [1.165, 1.54) is 4.68 Å². The maximum atomic E-state index is 13.9. The summed E-state index contributed by atoms with van der Waals surface area (Å²) in [5, 5.41) is 3.87. The zero-order chi connectivity index (χ0) is 23.0. The first-order valence-electron chi connectivity index (χ1n) is 10.4. The predicted octanol–water partition coefficient (Wildman–Crippen LogP) is 5.31. The second-order valence-electron chi connectivity index (χ2n) is 7.45. The molecule has 2 aromatic heterocycles. The number of rotatable bonds is 5. The minimum Gasteiger partial charge on any atom is -0.372 e. The van der Waals surface area contributed by atoms with Crippen molar-refractivity contribution in [1.82, 2.24) is 14.6 Å². The number of alkyl halides is 3. The van der Waals surface area contributed by atoms with E-state index in [0.29, 0.717) is 22.8 Å². The van der Waals surface area contributed by atoms with Gasteiger partial charge in [-0.25, -0.2) is 14.7 Å². The number of hydrogen-bond donors (Lipinski definition) is 0. The van der Waals surface area contributed by atoms with Gasteiger partial charge in [0.25, 0.3) is 0 Å². The Balaban J connectivity index is 1.85. The average Bonchev–Trinajstić information content (AvgIpc) is 3.26. The standard InChI is InChI=1S/C23H23F3N6/c1-5-31(6-2)16-10-11-17(14(3)13-16)29-19-21(23(24,25)26)30-32-20(15(4)28-22(19)32)18-9-7-8-12-27-18/h7-13H,5-6H2,1-4H3/b29-19-. The van der Waals surface area contributed by atoms with Crippen molar-refractivity contribution >= 4 is 22.8 Å². The van der Waals surface area contributed by atoms with Crippen LogP contribution < -0.4 is 4.90 Å². The number of halogens is 3. The van der Waals surface area contributed by atoms with Gasteiger partial charge in [0.2, 0.25) is 0 Å². The Morgan fingerprint density at radius 3 is 2.41 bits per heavy atom. The van der Waals surface area contributed by atoms with Crippen molar-refractivity contribution in [3.8, 4) is 11.4 Å². The van der Waals surface area contributed by atoms with E-state index in [1.54, 1.807) is 37.4 Å². The third-order valence-corrected chi connectivity index (χ3v) is 5.38. The Kier molecular flexibility index (Phi) is 5.58. The molecule has 0 spiro atoms.